The Morgan fingerprint density at radius 1 is 1.10 bits per heavy atom. The lowest BCUT2D eigenvalue weighted by Crippen LogP contribution is -2.30. The number of halogens is 3. The largest absolute Gasteiger partial charge is 0.478 e. The number of nitrogens with two attached hydrogens (primary N) is 1. The summed E-state index contributed by atoms with van der Waals surface area (Å²) in [6.45, 7) is 0. The van der Waals surface area contributed by atoms with E-state index in [-0.39, 0.29) is 5.91 Å². The number of aryl methyl sites for hydroxylation is 1. The van der Waals surface area contributed by atoms with Crippen LogP contribution in [0.5, 0.6) is 0 Å². The van der Waals surface area contributed by atoms with E-state index < -0.39 is 23.5 Å². The summed E-state index contributed by atoms with van der Waals surface area (Å²) in [5, 5.41) is 12.1. The Morgan fingerprint density at radius 3 is 2.61 bits per heavy atom. The zero-order valence-corrected chi connectivity index (χ0v) is 21.7. The number of carboxylic acids is 1. The maximum absolute atomic E-state index is 11.9. The van der Waals surface area contributed by atoms with Crippen molar-refractivity contribution in [3.05, 3.63) is 95.1 Å². The molecule has 41 heavy (non-hydrogen) atoms. The molecule has 0 fully saturated rings. The van der Waals surface area contributed by atoms with Gasteiger partial charge in [-0.05, 0) is 47.4 Å². The standard InChI is InChI=1S/C24H22N4O.C5H2F3NO3/c1-28-22-8-6-16(12-17(22)7-9-23(28)29)18-10-15(13-26-14-18)11-20-19-4-2-3-5-21(19)27-24(20)25;6-5(7,8)3-2(4(10)11)1-9-12-3/h2-6,8,10,12-14,27H,7,9,11,25H2,1H3;1H,(H,10,11). The number of pyridine rings is 1. The Bertz CT molecular complexity index is 1760. The first-order valence-electron chi connectivity index (χ1n) is 12.5. The van der Waals surface area contributed by atoms with Crippen molar-refractivity contribution < 1.29 is 32.4 Å². The maximum Gasteiger partial charge on any atom is 0.453 e. The number of H-pyrrole nitrogens is 1. The molecule has 0 bridgehead atoms. The Labute approximate surface area is 231 Å². The number of carboxylic acid groups (broad SMARTS) is 1. The fourth-order valence-corrected chi connectivity index (χ4v) is 4.79. The molecule has 6 rings (SSSR count). The number of nitrogens with one attached hydrogen (secondary N) is 1. The molecule has 12 heteroatoms. The van der Waals surface area contributed by atoms with Gasteiger partial charge in [-0.2, -0.15) is 13.2 Å². The summed E-state index contributed by atoms with van der Waals surface area (Å²) in [7, 11) is 1.84. The minimum atomic E-state index is -4.82. The molecule has 0 unspecified atom stereocenters. The number of hydrogen-bond donors (Lipinski definition) is 3. The van der Waals surface area contributed by atoms with Crippen LogP contribution in [0, 0.1) is 0 Å². The van der Waals surface area contributed by atoms with Gasteiger partial charge in [-0.25, -0.2) is 4.79 Å². The first-order chi connectivity index (χ1) is 19.5. The molecular formula is C29H24F3N5O4. The number of hydrogen-bond acceptors (Lipinski definition) is 6. The Kier molecular flexibility index (Phi) is 7.22. The summed E-state index contributed by atoms with van der Waals surface area (Å²) in [5.74, 6) is -2.43. The minimum absolute atomic E-state index is 0.172. The lowest BCUT2D eigenvalue weighted by Gasteiger charge is -2.26. The van der Waals surface area contributed by atoms with Gasteiger partial charge in [-0.3, -0.25) is 9.78 Å². The molecule has 0 saturated heterocycles. The van der Waals surface area contributed by atoms with Crippen molar-refractivity contribution in [2.45, 2.75) is 25.4 Å². The number of aromatic carboxylic acids is 1. The summed E-state index contributed by atoms with van der Waals surface area (Å²) in [6, 6.07) is 16.6. The number of carbonyl (C=O) groups is 2. The van der Waals surface area contributed by atoms with Crippen LogP contribution in [0.2, 0.25) is 0 Å². The van der Waals surface area contributed by atoms with E-state index in [1.54, 1.807) is 4.90 Å². The lowest BCUT2D eigenvalue weighted by atomic mass is 9.95. The predicted octanol–water partition coefficient (Wildman–Crippen LogP) is 5.70. The van der Waals surface area contributed by atoms with Crippen molar-refractivity contribution in [1.82, 2.24) is 15.1 Å². The van der Waals surface area contributed by atoms with E-state index in [4.69, 9.17) is 10.8 Å². The highest BCUT2D eigenvalue weighted by Gasteiger charge is 2.40. The molecule has 0 saturated carbocycles. The summed E-state index contributed by atoms with van der Waals surface area (Å²) in [4.78, 5) is 31.5. The van der Waals surface area contributed by atoms with Crippen molar-refractivity contribution in [2.75, 3.05) is 17.7 Å². The van der Waals surface area contributed by atoms with Gasteiger partial charge < -0.3 is 25.2 Å². The molecular weight excluding hydrogens is 539 g/mol. The summed E-state index contributed by atoms with van der Waals surface area (Å²) >= 11 is 0. The summed E-state index contributed by atoms with van der Waals surface area (Å²) < 4.78 is 39.3. The smallest absolute Gasteiger partial charge is 0.453 e. The van der Waals surface area contributed by atoms with E-state index >= 15 is 0 Å². The second kappa shape index (κ2) is 10.8. The minimum Gasteiger partial charge on any atom is -0.478 e. The molecule has 4 N–H and O–H groups in total. The Hall–Kier alpha value is -5.13. The van der Waals surface area contributed by atoms with Gasteiger partial charge in [0.2, 0.25) is 5.91 Å². The molecule has 210 valence electrons. The maximum atomic E-state index is 11.9. The van der Waals surface area contributed by atoms with Gasteiger partial charge in [0.1, 0.15) is 11.4 Å². The number of nitrogens with zero attached hydrogens (tertiary/aromatic N) is 3. The molecule has 4 heterocycles. The van der Waals surface area contributed by atoms with Crippen LogP contribution in [0.4, 0.5) is 24.7 Å². The second-order valence-electron chi connectivity index (χ2n) is 9.49. The number of anilines is 2. The number of carbonyl (C=O) groups excluding carboxylic acids is 1. The van der Waals surface area contributed by atoms with E-state index in [0.29, 0.717) is 18.4 Å². The lowest BCUT2D eigenvalue weighted by molar-refractivity contribution is -0.156. The highest BCUT2D eigenvalue weighted by molar-refractivity contribution is 5.96. The number of rotatable bonds is 4. The number of benzene rings is 2. The number of fused-ring (bicyclic) bond motifs is 2. The quantitative estimate of drug-likeness (QED) is 0.255. The number of nitrogen functional groups attached to an aromatic ring is 1. The number of para-hydroxylation sites is 1. The Balaban J connectivity index is 0.000000237. The molecule has 9 nitrogen and oxygen atoms in total. The van der Waals surface area contributed by atoms with Crippen molar-refractivity contribution in [3.8, 4) is 11.1 Å². The Morgan fingerprint density at radius 2 is 1.88 bits per heavy atom. The highest BCUT2D eigenvalue weighted by Crippen LogP contribution is 2.33. The second-order valence-corrected chi connectivity index (χ2v) is 9.49. The summed E-state index contributed by atoms with van der Waals surface area (Å²) in [5.41, 5.74) is 12.9. The highest BCUT2D eigenvalue weighted by atomic mass is 19.4. The van der Waals surface area contributed by atoms with E-state index in [2.05, 4.69) is 43.9 Å². The van der Waals surface area contributed by atoms with Gasteiger partial charge in [-0.1, -0.05) is 29.4 Å². The number of amides is 1. The normalized spacial score (nSPS) is 13.1. The van der Waals surface area contributed by atoms with E-state index in [1.807, 2.05) is 43.7 Å². The third-order valence-electron chi connectivity index (χ3n) is 6.84. The van der Waals surface area contributed by atoms with Gasteiger partial charge in [0.05, 0.1) is 6.20 Å². The van der Waals surface area contributed by atoms with E-state index in [1.165, 1.54) is 5.56 Å². The van der Waals surface area contributed by atoms with Crippen LogP contribution in [-0.4, -0.2) is 39.2 Å². The van der Waals surface area contributed by atoms with Gasteiger partial charge >= 0.3 is 12.1 Å². The van der Waals surface area contributed by atoms with E-state index in [9.17, 15) is 22.8 Å². The van der Waals surface area contributed by atoms with Gasteiger partial charge in [0.25, 0.3) is 5.76 Å². The molecule has 0 aliphatic carbocycles. The van der Waals surface area contributed by atoms with Gasteiger partial charge in [0, 0.05) is 60.0 Å². The fourth-order valence-electron chi connectivity index (χ4n) is 4.79. The van der Waals surface area contributed by atoms with Gasteiger partial charge in [0.15, 0.2) is 0 Å². The average Bonchev–Trinajstić information content (AvgIpc) is 3.57. The summed E-state index contributed by atoms with van der Waals surface area (Å²) in [6.07, 6.45) is 1.54. The van der Waals surface area contributed by atoms with Crippen LogP contribution in [0.3, 0.4) is 0 Å². The third-order valence-corrected chi connectivity index (χ3v) is 6.84. The third kappa shape index (κ3) is 5.62. The van der Waals surface area contributed by atoms with Crippen LogP contribution in [0.15, 0.2) is 71.6 Å². The molecule has 0 spiro atoms. The van der Waals surface area contributed by atoms with Crippen molar-refractivity contribution in [3.63, 3.8) is 0 Å². The average molecular weight is 564 g/mol. The van der Waals surface area contributed by atoms with Crippen LogP contribution in [0.25, 0.3) is 22.0 Å². The van der Waals surface area contributed by atoms with E-state index in [0.717, 1.165) is 51.7 Å². The monoisotopic (exact) mass is 563 g/mol. The molecule has 0 atom stereocenters. The number of aromatic nitrogens is 3. The molecule has 3 aromatic heterocycles. The predicted molar refractivity (Wildman–Crippen MR) is 145 cm³/mol. The number of alkyl halides is 3. The van der Waals surface area contributed by atoms with Crippen LogP contribution in [-0.2, 0) is 23.8 Å². The molecule has 1 aliphatic heterocycles. The molecule has 1 amide bonds. The van der Waals surface area contributed by atoms with Crippen LogP contribution < -0.4 is 10.6 Å². The van der Waals surface area contributed by atoms with Crippen molar-refractivity contribution in [1.29, 1.82) is 0 Å². The first kappa shape index (κ1) is 27.4. The zero-order chi connectivity index (χ0) is 29.3. The molecule has 1 aliphatic rings. The van der Waals surface area contributed by atoms with Crippen molar-refractivity contribution in [2.24, 2.45) is 0 Å². The number of aromatic amines is 1. The van der Waals surface area contributed by atoms with Crippen LogP contribution in [0.1, 0.15) is 39.2 Å². The molecule has 0 radical (unpaired) electrons. The first-order valence-corrected chi connectivity index (χ1v) is 12.5. The topological polar surface area (TPSA) is 138 Å². The fraction of sp³-hybridized carbons (Fsp3) is 0.172. The SMILES string of the molecule is CN1C(=O)CCc2cc(-c3cncc(Cc4c(N)[nH]c5ccccc45)c3)ccc21.O=C(O)c1cnoc1C(F)(F)F. The van der Waals surface area contributed by atoms with Crippen LogP contribution >= 0.6 is 0 Å². The van der Waals surface area contributed by atoms with Gasteiger partial charge in [-0.15, -0.1) is 0 Å². The molecule has 5 aromatic rings. The zero-order valence-electron chi connectivity index (χ0n) is 21.7. The van der Waals surface area contributed by atoms with Crippen molar-refractivity contribution >= 4 is 34.3 Å². The molecule has 2 aromatic carbocycles.